The van der Waals surface area contributed by atoms with Gasteiger partial charge in [0, 0.05) is 0 Å². The number of rotatable bonds is 6. The zero-order valence-corrected chi connectivity index (χ0v) is 12.1. The van der Waals surface area contributed by atoms with E-state index in [1.165, 1.54) is 24.8 Å². The average Bonchev–Trinajstić information content (AvgIpc) is 2.28. The summed E-state index contributed by atoms with van der Waals surface area (Å²) in [6.45, 7) is 9.32. The highest BCUT2D eigenvalue weighted by atomic mass is 31.1. The highest BCUT2D eigenvalue weighted by molar-refractivity contribution is 7.48. The predicted molar refractivity (Wildman–Crippen MR) is 77.3 cm³/mol. The summed E-state index contributed by atoms with van der Waals surface area (Å²) in [7, 11) is 0.969. The first-order chi connectivity index (χ1) is 7.65. The van der Waals surface area contributed by atoms with Gasteiger partial charge in [-0.15, -0.1) is 0 Å². The molecule has 0 aliphatic heterocycles. The fraction of sp³-hybridized carbons (Fsp3) is 0.600. The van der Waals surface area contributed by atoms with Gasteiger partial charge in [0.1, 0.15) is 0 Å². The smallest absolute Gasteiger partial charge is 0.0199 e. The summed E-state index contributed by atoms with van der Waals surface area (Å²) in [6.07, 6.45) is 4.09. The van der Waals surface area contributed by atoms with Crippen LogP contribution in [0.2, 0.25) is 0 Å². The van der Waals surface area contributed by atoms with Crippen LogP contribution in [0.25, 0.3) is 0 Å². The molecule has 3 unspecified atom stereocenters. The monoisotopic (exact) mass is 236 g/mol. The lowest BCUT2D eigenvalue weighted by molar-refractivity contribution is 0.501. The Kier molecular flexibility index (Phi) is 6.06. The maximum atomic E-state index is 2.41. The van der Waals surface area contributed by atoms with E-state index in [9.17, 15) is 0 Å². The number of benzene rings is 1. The van der Waals surface area contributed by atoms with Crippen molar-refractivity contribution in [3.8, 4) is 0 Å². The van der Waals surface area contributed by atoms with Crippen LogP contribution in [0.15, 0.2) is 24.3 Å². The average molecular weight is 236 g/mol. The fourth-order valence-corrected chi connectivity index (χ4v) is 3.34. The lowest BCUT2D eigenvalue weighted by Crippen LogP contribution is -2.13. The van der Waals surface area contributed by atoms with E-state index >= 15 is 0 Å². The van der Waals surface area contributed by atoms with E-state index in [-0.39, 0.29) is 0 Å². The van der Waals surface area contributed by atoms with Crippen molar-refractivity contribution >= 4 is 13.9 Å². The van der Waals surface area contributed by atoms with Crippen LogP contribution in [-0.2, 0) is 0 Å². The second kappa shape index (κ2) is 7.07. The summed E-state index contributed by atoms with van der Waals surface area (Å²) >= 11 is 0. The van der Waals surface area contributed by atoms with Gasteiger partial charge in [0.15, 0.2) is 0 Å². The van der Waals surface area contributed by atoms with Crippen LogP contribution in [0.5, 0.6) is 0 Å². The van der Waals surface area contributed by atoms with Crippen LogP contribution in [0, 0.1) is 12.8 Å². The van der Waals surface area contributed by atoms with Crippen LogP contribution in [0.3, 0.4) is 0 Å². The topological polar surface area (TPSA) is 0 Å². The van der Waals surface area contributed by atoms with Gasteiger partial charge >= 0.3 is 0 Å². The molecule has 1 rings (SSSR count). The van der Waals surface area contributed by atoms with Crippen molar-refractivity contribution in [1.29, 1.82) is 0 Å². The maximum Gasteiger partial charge on any atom is -0.0199 e. The summed E-state index contributed by atoms with van der Waals surface area (Å²) in [5.74, 6) is 0.859. The Balaban J connectivity index is 2.50. The Bertz CT molecular complexity index is 306. The van der Waals surface area contributed by atoms with Gasteiger partial charge in [0.25, 0.3) is 0 Å². The molecule has 0 bridgehead atoms. The molecule has 1 heteroatoms. The van der Waals surface area contributed by atoms with E-state index < -0.39 is 0 Å². The van der Waals surface area contributed by atoms with Crippen LogP contribution in [0.4, 0.5) is 0 Å². The molecule has 3 atom stereocenters. The zero-order valence-electron chi connectivity index (χ0n) is 11.1. The fourth-order valence-electron chi connectivity index (χ4n) is 1.90. The Labute approximate surface area is 103 Å². The quantitative estimate of drug-likeness (QED) is 0.637. The highest BCUT2D eigenvalue weighted by Crippen LogP contribution is 2.28. The van der Waals surface area contributed by atoms with Crippen LogP contribution in [0.1, 0.15) is 45.6 Å². The predicted octanol–water partition coefficient (Wildman–Crippen LogP) is 4.51. The first-order valence-electron chi connectivity index (χ1n) is 6.47. The van der Waals surface area contributed by atoms with Crippen LogP contribution in [-0.4, -0.2) is 5.66 Å². The summed E-state index contributed by atoms with van der Waals surface area (Å²) < 4.78 is 0. The number of unbranched alkanes of at least 4 members (excludes halogenated alkanes) is 1. The number of hydrogen-bond donors (Lipinski definition) is 0. The third kappa shape index (κ3) is 4.26. The molecular weight excluding hydrogens is 211 g/mol. The molecule has 0 aliphatic rings. The van der Waals surface area contributed by atoms with E-state index in [2.05, 4.69) is 52.0 Å². The summed E-state index contributed by atoms with van der Waals surface area (Å²) in [5, 5.41) is 1.55. The summed E-state index contributed by atoms with van der Waals surface area (Å²) in [6, 6.07) is 8.82. The Morgan fingerprint density at radius 2 is 1.88 bits per heavy atom. The highest BCUT2D eigenvalue weighted by Gasteiger charge is 2.12. The third-order valence-corrected chi connectivity index (χ3v) is 5.29. The van der Waals surface area contributed by atoms with Crippen LogP contribution < -0.4 is 5.30 Å². The molecule has 90 valence electrons. The molecule has 0 saturated heterocycles. The molecule has 0 radical (unpaired) electrons. The van der Waals surface area contributed by atoms with Crippen molar-refractivity contribution in [3.05, 3.63) is 29.8 Å². The molecule has 0 spiro atoms. The molecule has 0 fully saturated rings. The summed E-state index contributed by atoms with van der Waals surface area (Å²) in [5.41, 5.74) is 2.28. The molecule has 0 N–H and O–H groups in total. The molecule has 0 aliphatic carbocycles. The van der Waals surface area contributed by atoms with Gasteiger partial charge in [-0.1, -0.05) is 72.9 Å². The van der Waals surface area contributed by atoms with Crippen molar-refractivity contribution in [2.45, 2.75) is 52.6 Å². The van der Waals surface area contributed by atoms with Gasteiger partial charge in [-0.25, -0.2) is 0 Å². The van der Waals surface area contributed by atoms with Crippen LogP contribution >= 0.6 is 8.58 Å². The summed E-state index contributed by atoms with van der Waals surface area (Å²) in [4.78, 5) is 0. The maximum absolute atomic E-state index is 2.41. The SMILES string of the molecule is CCCCC(C)C(C)Pc1ccccc1C. The molecule has 0 saturated carbocycles. The Hall–Kier alpha value is -0.350. The first-order valence-corrected chi connectivity index (χ1v) is 7.55. The van der Waals surface area contributed by atoms with Gasteiger partial charge < -0.3 is 0 Å². The van der Waals surface area contributed by atoms with E-state index in [4.69, 9.17) is 0 Å². The third-order valence-electron chi connectivity index (χ3n) is 3.39. The van der Waals surface area contributed by atoms with Crippen molar-refractivity contribution in [2.75, 3.05) is 0 Å². The lowest BCUT2D eigenvalue weighted by Gasteiger charge is -2.20. The minimum atomic E-state index is 0.827. The van der Waals surface area contributed by atoms with Crippen molar-refractivity contribution < 1.29 is 0 Å². The molecule has 1 aromatic carbocycles. The standard InChI is InChI=1S/C15H25P/c1-5-6-9-12(2)14(4)16-15-11-8-7-10-13(15)3/h7-8,10-12,14,16H,5-6,9H2,1-4H3. The van der Waals surface area contributed by atoms with Crippen molar-refractivity contribution in [2.24, 2.45) is 5.92 Å². The molecule has 0 aromatic heterocycles. The first kappa shape index (κ1) is 13.7. The van der Waals surface area contributed by atoms with Crippen molar-refractivity contribution in [3.63, 3.8) is 0 Å². The van der Waals surface area contributed by atoms with E-state index in [1.54, 1.807) is 5.30 Å². The van der Waals surface area contributed by atoms with Gasteiger partial charge in [-0.2, -0.15) is 0 Å². The second-order valence-electron chi connectivity index (χ2n) is 4.87. The van der Waals surface area contributed by atoms with E-state index in [0.717, 1.165) is 20.2 Å². The van der Waals surface area contributed by atoms with Gasteiger partial charge in [0.05, 0.1) is 0 Å². The van der Waals surface area contributed by atoms with Gasteiger partial charge in [-0.05, 0) is 29.4 Å². The van der Waals surface area contributed by atoms with Crippen molar-refractivity contribution in [1.82, 2.24) is 0 Å². The molecule has 16 heavy (non-hydrogen) atoms. The lowest BCUT2D eigenvalue weighted by atomic mass is 10.0. The second-order valence-corrected chi connectivity index (χ2v) is 6.61. The molecule has 0 nitrogen and oxygen atoms in total. The Morgan fingerprint density at radius 3 is 2.50 bits per heavy atom. The normalized spacial score (nSPS) is 15.5. The van der Waals surface area contributed by atoms with Gasteiger partial charge in [0.2, 0.25) is 0 Å². The number of aryl methyl sites for hydroxylation is 1. The molecular formula is C15H25P. The number of hydrogen-bond acceptors (Lipinski definition) is 0. The molecule has 0 amide bonds. The van der Waals surface area contributed by atoms with E-state index in [1.807, 2.05) is 0 Å². The van der Waals surface area contributed by atoms with E-state index in [0.29, 0.717) is 0 Å². The van der Waals surface area contributed by atoms with Gasteiger partial charge in [-0.3, -0.25) is 0 Å². The zero-order chi connectivity index (χ0) is 12.0. The minimum absolute atomic E-state index is 0.827. The molecule has 0 heterocycles. The molecule has 1 aromatic rings. The minimum Gasteiger partial charge on any atom is -0.0869 e. The Morgan fingerprint density at radius 1 is 1.19 bits per heavy atom. The largest absolute Gasteiger partial charge is 0.0869 e.